The first-order valence-electron chi connectivity index (χ1n) is 6.97. The molecule has 2 rings (SSSR count). The van der Waals surface area contributed by atoms with Crippen LogP contribution in [-0.4, -0.2) is 29.5 Å². The topological polar surface area (TPSA) is 70.4 Å². The average Bonchev–Trinajstić information content (AvgIpc) is 2.55. The van der Waals surface area contributed by atoms with Gasteiger partial charge in [-0.15, -0.1) is 0 Å². The van der Waals surface area contributed by atoms with Gasteiger partial charge in [-0.1, -0.05) is 12.1 Å². The fourth-order valence-electron chi connectivity index (χ4n) is 2.00. The van der Waals surface area contributed by atoms with Crippen molar-refractivity contribution in [3.63, 3.8) is 0 Å². The maximum Gasteiger partial charge on any atom is 0.330 e. The first-order chi connectivity index (χ1) is 10.6. The highest BCUT2D eigenvalue weighted by molar-refractivity contribution is 5.73. The van der Waals surface area contributed by atoms with Crippen LogP contribution < -0.4 is 10.3 Å². The Labute approximate surface area is 128 Å². The molecular weight excluding hydrogens is 284 g/mol. The normalized spacial score (nSPS) is 11.8. The number of rotatable bonds is 5. The standard InChI is InChI=1S/C16H18N2O4/c1-4-22-16(20)11(2)18-15(19)9-8-14(17-18)12-6-5-7-13(10-12)21-3/h5-11H,4H2,1-3H3. The molecule has 2 aromatic rings. The maximum atomic E-state index is 11.9. The van der Waals surface area contributed by atoms with Crippen molar-refractivity contribution in [1.82, 2.24) is 9.78 Å². The number of carbonyl (C=O) groups excluding carboxylic acids is 1. The molecule has 0 radical (unpaired) electrons. The Morgan fingerprint density at radius 2 is 2.09 bits per heavy atom. The summed E-state index contributed by atoms with van der Waals surface area (Å²) in [5, 5.41) is 4.27. The molecule has 0 aliphatic rings. The summed E-state index contributed by atoms with van der Waals surface area (Å²) < 4.78 is 11.2. The molecule has 6 heteroatoms. The van der Waals surface area contributed by atoms with E-state index in [1.165, 1.54) is 6.07 Å². The molecule has 1 atom stereocenters. The Morgan fingerprint density at radius 3 is 2.77 bits per heavy atom. The zero-order valence-electron chi connectivity index (χ0n) is 12.8. The van der Waals surface area contributed by atoms with Gasteiger partial charge in [-0.3, -0.25) is 4.79 Å². The van der Waals surface area contributed by atoms with Crippen molar-refractivity contribution in [2.75, 3.05) is 13.7 Å². The molecule has 0 amide bonds. The van der Waals surface area contributed by atoms with E-state index in [1.807, 2.05) is 24.3 Å². The van der Waals surface area contributed by atoms with Crippen molar-refractivity contribution >= 4 is 5.97 Å². The van der Waals surface area contributed by atoms with Crippen LogP contribution in [0.5, 0.6) is 5.75 Å². The lowest BCUT2D eigenvalue weighted by Gasteiger charge is -2.13. The van der Waals surface area contributed by atoms with Crippen LogP contribution in [0.1, 0.15) is 19.9 Å². The Balaban J connectivity index is 2.41. The molecule has 0 aliphatic carbocycles. The lowest BCUT2D eigenvalue weighted by Crippen LogP contribution is -2.31. The lowest BCUT2D eigenvalue weighted by molar-refractivity contribution is -0.147. The van der Waals surface area contributed by atoms with E-state index >= 15 is 0 Å². The molecule has 1 aromatic carbocycles. The smallest absolute Gasteiger partial charge is 0.330 e. The molecular formula is C16H18N2O4. The summed E-state index contributed by atoms with van der Waals surface area (Å²) in [4.78, 5) is 23.7. The summed E-state index contributed by atoms with van der Waals surface area (Å²) in [6, 6.07) is 9.54. The van der Waals surface area contributed by atoms with Gasteiger partial charge in [-0.25, -0.2) is 9.48 Å². The molecule has 0 spiro atoms. The Hall–Kier alpha value is -2.63. The highest BCUT2D eigenvalue weighted by atomic mass is 16.5. The SMILES string of the molecule is CCOC(=O)C(C)n1nc(-c2cccc(OC)c2)ccc1=O. The predicted molar refractivity (Wildman–Crippen MR) is 81.8 cm³/mol. The number of carbonyl (C=O) groups is 1. The minimum Gasteiger partial charge on any atom is -0.497 e. The summed E-state index contributed by atoms with van der Waals surface area (Å²) in [5.41, 5.74) is 1.02. The van der Waals surface area contributed by atoms with Gasteiger partial charge in [0, 0.05) is 11.6 Å². The fourth-order valence-corrected chi connectivity index (χ4v) is 2.00. The third-order valence-corrected chi connectivity index (χ3v) is 3.19. The summed E-state index contributed by atoms with van der Waals surface area (Å²) >= 11 is 0. The van der Waals surface area contributed by atoms with Gasteiger partial charge in [-0.05, 0) is 32.0 Å². The van der Waals surface area contributed by atoms with E-state index in [9.17, 15) is 9.59 Å². The van der Waals surface area contributed by atoms with Crippen molar-refractivity contribution in [3.8, 4) is 17.0 Å². The average molecular weight is 302 g/mol. The molecule has 116 valence electrons. The van der Waals surface area contributed by atoms with E-state index < -0.39 is 12.0 Å². The van der Waals surface area contributed by atoms with Crippen LogP contribution in [0.15, 0.2) is 41.2 Å². The first-order valence-corrected chi connectivity index (χ1v) is 6.97. The number of methoxy groups -OCH3 is 1. The van der Waals surface area contributed by atoms with Crippen molar-refractivity contribution in [2.24, 2.45) is 0 Å². The van der Waals surface area contributed by atoms with Gasteiger partial charge < -0.3 is 9.47 Å². The van der Waals surface area contributed by atoms with E-state index in [4.69, 9.17) is 9.47 Å². The van der Waals surface area contributed by atoms with Gasteiger partial charge in [0.25, 0.3) is 5.56 Å². The van der Waals surface area contributed by atoms with Crippen LogP contribution in [0.4, 0.5) is 0 Å². The molecule has 0 N–H and O–H groups in total. The van der Waals surface area contributed by atoms with E-state index in [-0.39, 0.29) is 12.2 Å². The molecule has 6 nitrogen and oxygen atoms in total. The molecule has 0 aliphatic heterocycles. The van der Waals surface area contributed by atoms with Gasteiger partial charge in [0.15, 0.2) is 6.04 Å². The van der Waals surface area contributed by atoms with Crippen LogP contribution in [0.2, 0.25) is 0 Å². The molecule has 1 heterocycles. The second kappa shape index (κ2) is 6.89. The molecule has 22 heavy (non-hydrogen) atoms. The zero-order chi connectivity index (χ0) is 16.1. The molecule has 0 saturated carbocycles. The van der Waals surface area contributed by atoms with E-state index in [0.29, 0.717) is 11.4 Å². The van der Waals surface area contributed by atoms with Crippen LogP contribution in [-0.2, 0) is 9.53 Å². The van der Waals surface area contributed by atoms with Gasteiger partial charge in [0.05, 0.1) is 19.4 Å². The number of esters is 1. The fraction of sp³-hybridized carbons (Fsp3) is 0.312. The quantitative estimate of drug-likeness (QED) is 0.790. The van der Waals surface area contributed by atoms with E-state index in [1.54, 1.807) is 27.0 Å². The van der Waals surface area contributed by atoms with Gasteiger partial charge in [-0.2, -0.15) is 5.10 Å². The van der Waals surface area contributed by atoms with Crippen molar-refractivity contribution in [2.45, 2.75) is 19.9 Å². The predicted octanol–water partition coefficient (Wildman–Crippen LogP) is 2.04. The van der Waals surface area contributed by atoms with Crippen LogP contribution in [0.25, 0.3) is 11.3 Å². The van der Waals surface area contributed by atoms with E-state index in [0.717, 1.165) is 10.2 Å². The Morgan fingerprint density at radius 1 is 1.32 bits per heavy atom. The minimum absolute atomic E-state index is 0.257. The van der Waals surface area contributed by atoms with Crippen molar-refractivity contribution in [3.05, 3.63) is 46.8 Å². The Kier molecular flexibility index (Phi) is 4.93. The number of aromatic nitrogens is 2. The molecule has 0 fully saturated rings. The van der Waals surface area contributed by atoms with Gasteiger partial charge >= 0.3 is 5.97 Å². The van der Waals surface area contributed by atoms with Crippen molar-refractivity contribution < 1.29 is 14.3 Å². The molecule has 0 saturated heterocycles. The number of nitrogens with zero attached hydrogens (tertiary/aromatic N) is 2. The monoisotopic (exact) mass is 302 g/mol. The second-order valence-corrected chi connectivity index (χ2v) is 4.66. The summed E-state index contributed by atoms with van der Waals surface area (Å²) in [6.45, 7) is 3.56. The third-order valence-electron chi connectivity index (χ3n) is 3.19. The van der Waals surface area contributed by atoms with Crippen LogP contribution in [0.3, 0.4) is 0 Å². The minimum atomic E-state index is -0.780. The van der Waals surface area contributed by atoms with E-state index in [2.05, 4.69) is 5.10 Å². The number of hydrogen-bond acceptors (Lipinski definition) is 5. The zero-order valence-corrected chi connectivity index (χ0v) is 12.8. The summed E-state index contributed by atoms with van der Waals surface area (Å²) in [5.74, 6) is 0.204. The summed E-state index contributed by atoms with van der Waals surface area (Å²) in [7, 11) is 1.58. The van der Waals surface area contributed by atoms with Gasteiger partial charge in [0.1, 0.15) is 5.75 Å². The van der Waals surface area contributed by atoms with Crippen molar-refractivity contribution in [1.29, 1.82) is 0 Å². The lowest BCUT2D eigenvalue weighted by atomic mass is 10.1. The summed E-state index contributed by atoms with van der Waals surface area (Å²) in [6.07, 6.45) is 0. The largest absolute Gasteiger partial charge is 0.497 e. The highest BCUT2D eigenvalue weighted by Crippen LogP contribution is 2.21. The molecule has 1 unspecified atom stereocenters. The van der Waals surface area contributed by atoms with Crippen LogP contribution in [0, 0.1) is 0 Å². The molecule has 1 aromatic heterocycles. The second-order valence-electron chi connectivity index (χ2n) is 4.66. The number of hydrogen-bond donors (Lipinski definition) is 0. The van der Waals surface area contributed by atoms with Crippen LogP contribution >= 0.6 is 0 Å². The molecule has 0 bridgehead atoms. The maximum absolute atomic E-state index is 11.9. The Bertz CT molecular complexity index is 724. The number of benzene rings is 1. The highest BCUT2D eigenvalue weighted by Gasteiger charge is 2.19. The third kappa shape index (κ3) is 3.33. The number of ether oxygens (including phenoxy) is 2. The first kappa shape index (κ1) is 15.8. The van der Waals surface area contributed by atoms with Gasteiger partial charge in [0.2, 0.25) is 0 Å².